The van der Waals surface area contributed by atoms with E-state index >= 15 is 0 Å². The van der Waals surface area contributed by atoms with E-state index in [4.69, 9.17) is 5.73 Å². The number of nitrogens with two attached hydrogens (primary N) is 1. The first-order valence-corrected chi connectivity index (χ1v) is 5.98. The molecule has 4 heteroatoms. The van der Waals surface area contributed by atoms with E-state index in [1.807, 2.05) is 19.9 Å². The molecule has 17 heavy (non-hydrogen) atoms. The van der Waals surface area contributed by atoms with Gasteiger partial charge in [-0.3, -0.25) is 9.78 Å². The van der Waals surface area contributed by atoms with Crippen LogP contribution < -0.4 is 11.1 Å². The van der Waals surface area contributed by atoms with Crippen LogP contribution in [-0.4, -0.2) is 16.4 Å². The molecule has 92 valence electrons. The third-order valence-electron chi connectivity index (χ3n) is 3.50. The van der Waals surface area contributed by atoms with E-state index in [0.717, 1.165) is 24.0 Å². The Morgan fingerprint density at radius 3 is 2.94 bits per heavy atom. The van der Waals surface area contributed by atoms with Gasteiger partial charge in [0, 0.05) is 18.9 Å². The lowest BCUT2D eigenvalue weighted by molar-refractivity contribution is -0.126. The normalized spacial score (nSPS) is 18.5. The first-order chi connectivity index (χ1) is 8.01. The Morgan fingerprint density at radius 2 is 2.35 bits per heavy atom. The first kappa shape index (κ1) is 12.0. The van der Waals surface area contributed by atoms with Crippen LogP contribution in [0.25, 0.3) is 0 Å². The maximum absolute atomic E-state index is 12.0. The van der Waals surface area contributed by atoms with Crippen molar-refractivity contribution in [1.82, 2.24) is 10.3 Å². The third-order valence-corrected chi connectivity index (χ3v) is 3.50. The number of hydrogen-bond donors (Lipinski definition) is 2. The van der Waals surface area contributed by atoms with Gasteiger partial charge in [-0.05, 0) is 49.8 Å². The average Bonchev–Trinajstić information content (AvgIpc) is 3.11. The van der Waals surface area contributed by atoms with Crippen molar-refractivity contribution >= 4 is 5.91 Å². The highest BCUT2D eigenvalue weighted by Gasteiger charge is 2.43. The Bertz CT molecular complexity index is 424. The fraction of sp³-hybridized carbons (Fsp3) is 0.538. The molecule has 1 aromatic heterocycles. The second-order valence-corrected chi connectivity index (χ2v) is 5.04. The molecule has 1 heterocycles. The Balaban J connectivity index is 1.94. The molecular formula is C13H19N3O. The van der Waals surface area contributed by atoms with E-state index in [1.165, 1.54) is 0 Å². The molecule has 2 rings (SSSR count). The van der Waals surface area contributed by atoms with Crippen LogP contribution in [0, 0.1) is 12.8 Å². The molecule has 0 radical (unpaired) electrons. The van der Waals surface area contributed by atoms with Crippen LogP contribution in [0.2, 0.25) is 0 Å². The molecule has 0 bridgehead atoms. The molecule has 1 unspecified atom stereocenters. The number of hydrogen-bond acceptors (Lipinski definition) is 3. The zero-order valence-electron chi connectivity index (χ0n) is 10.4. The zero-order valence-corrected chi connectivity index (χ0v) is 10.4. The van der Waals surface area contributed by atoms with Gasteiger partial charge < -0.3 is 11.1 Å². The van der Waals surface area contributed by atoms with E-state index in [1.54, 1.807) is 12.4 Å². The Morgan fingerprint density at radius 1 is 1.65 bits per heavy atom. The summed E-state index contributed by atoms with van der Waals surface area (Å²) in [5.41, 5.74) is 7.48. The summed E-state index contributed by atoms with van der Waals surface area (Å²) in [4.78, 5) is 16.0. The highest BCUT2D eigenvalue weighted by atomic mass is 16.2. The first-order valence-electron chi connectivity index (χ1n) is 5.98. The minimum absolute atomic E-state index is 0.0664. The second-order valence-electron chi connectivity index (χ2n) is 5.04. The lowest BCUT2D eigenvalue weighted by Gasteiger charge is -2.23. The Kier molecular flexibility index (Phi) is 3.15. The summed E-state index contributed by atoms with van der Waals surface area (Å²) in [6.45, 7) is 4.32. The number of aryl methyl sites for hydroxylation is 1. The Hall–Kier alpha value is -1.42. The molecule has 1 aliphatic rings. The number of nitrogens with one attached hydrogen (secondary N) is 1. The van der Waals surface area contributed by atoms with Gasteiger partial charge >= 0.3 is 0 Å². The molecule has 1 saturated carbocycles. The van der Waals surface area contributed by atoms with Gasteiger partial charge in [0.2, 0.25) is 5.91 Å². The van der Waals surface area contributed by atoms with Gasteiger partial charge in [-0.2, -0.15) is 0 Å². The summed E-state index contributed by atoms with van der Waals surface area (Å²) in [6, 6.07) is 1.93. The van der Waals surface area contributed by atoms with Crippen LogP contribution in [0.1, 0.15) is 30.9 Å². The molecule has 4 nitrogen and oxygen atoms in total. The molecule has 0 aliphatic heterocycles. The van der Waals surface area contributed by atoms with Crippen molar-refractivity contribution in [3.8, 4) is 0 Å². The van der Waals surface area contributed by atoms with Gasteiger partial charge in [0.1, 0.15) is 0 Å². The highest BCUT2D eigenvalue weighted by Crippen LogP contribution is 2.38. The van der Waals surface area contributed by atoms with Crippen molar-refractivity contribution in [3.63, 3.8) is 0 Å². The molecule has 1 atom stereocenters. The lowest BCUT2D eigenvalue weighted by atomic mass is 9.96. The van der Waals surface area contributed by atoms with Gasteiger partial charge in [-0.1, -0.05) is 0 Å². The molecule has 3 N–H and O–H groups in total. The lowest BCUT2D eigenvalue weighted by Crippen LogP contribution is -2.53. The molecule has 1 amide bonds. The predicted molar refractivity (Wildman–Crippen MR) is 66.1 cm³/mol. The van der Waals surface area contributed by atoms with Gasteiger partial charge in [-0.15, -0.1) is 0 Å². The van der Waals surface area contributed by atoms with Crippen LogP contribution in [-0.2, 0) is 11.3 Å². The monoisotopic (exact) mass is 233 g/mol. The fourth-order valence-corrected chi connectivity index (χ4v) is 1.92. The fourth-order valence-electron chi connectivity index (χ4n) is 1.92. The third kappa shape index (κ3) is 2.64. The van der Waals surface area contributed by atoms with Gasteiger partial charge in [0.15, 0.2) is 0 Å². The van der Waals surface area contributed by atoms with Crippen molar-refractivity contribution in [2.24, 2.45) is 11.7 Å². The van der Waals surface area contributed by atoms with E-state index in [2.05, 4.69) is 10.3 Å². The summed E-state index contributed by atoms with van der Waals surface area (Å²) in [5, 5.41) is 2.90. The van der Waals surface area contributed by atoms with Crippen molar-refractivity contribution in [2.45, 2.75) is 38.8 Å². The maximum atomic E-state index is 12.0. The standard InChI is InChI=1S/C13H19N3O/c1-9-5-6-15-7-10(9)8-16-12(17)13(2,14)11-3-4-11/h5-7,11H,3-4,8,14H2,1-2H3,(H,16,17). The number of amides is 1. The number of pyridine rings is 1. The van der Waals surface area contributed by atoms with Crippen molar-refractivity contribution in [3.05, 3.63) is 29.6 Å². The van der Waals surface area contributed by atoms with E-state index < -0.39 is 5.54 Å². The minimum Gasteiger partial charge on any atom is -0.350 e. The molecule has 1 fully saturated rings. The van der Waals surface area contributed by atoms with Gasteiger partial charge in [0.25, 0.3) is 0 Å². The summed E-state index contributed by atoms with van der Waals surface area (Å²) in [7, 11) is 0. The van der Waals surface area contributed by atoms with Gasteiger partial charge in [-0.25, -0.2) is 0 Å². The SMILES string of the molecule is Cc1ccncc1CNC(=O)C(C)(N)C1CC1. The largest absolute Gasteiger partial charge is 0.350 e. The van der Waals surface area contributed by atoms with E-state index in [-0.39, 0.29) is 5.91 Å². The topological polar surface area (TPSA) is 68.0 Å². The van der Waals surface area contributed by atoms with Crippen molar-refractivity contribution in [2.75, 3.05) is 0 Å². The minimum atomic E-state index is -0.726. The van der Waals surface area contributed by atoms with Crippen LogP contribution in [0.5, 0.6) is 0 Å². The molecule has 0 spiro atoms. The van der Waals surface area contributed by atoms with Crippen molar-refractivity contribution in [1.29, 1.82) is 0 Å². The smallest absolute Gasteiger partial charge is 0.240 e. The predicted octanol–water partition coefficient (Wildman–Crippen LogP) is 1.13. The molecular weight excluding hydrogens is 214 g/mol. The number of carbonyl (C=O) groups is 1. The average molecular weight is 233 g/mol. The summed E-state index contributed by atoms with van der Waals surface area (Å²) >= 11 is 0. The Labute approximate surface area is 102 Å². The van der Waals surface area contributed by atoms with Crippen LogP contribution >= 0.6 is 0 Å². The van der Waals surface area contributed by atoms with E-state index in [0.29, 0.717) is 12.5 Å². The summed E-state index contributed by atoms with van der Waals surface area (Å²) in [5.74, 6) is 0.278. The maximum Gasteiger partial charge on any atom is 0.240 e. The summed E-state index contributed by atoms with van der Waals surface area (Å²) < 4.78 is 0. The number of rotatable bonds is 4. The molecule has 0 aromatic carbocycles. The quantitative estimate of drug-likeness (QED) is 0.819. The van der Waals surface area contributed by atoms with E-state index in [9.17, 15) is 4.79 Å². The second kappa shape index (κ2) is 4.45. The van der Waals surface area contributed by atoms with Crippen molar-refractivity contribution < 1.29 is 4.79 Å². The zero-order chi connectivity index (χ0) is 12.5. The highest BCUT2D eigenvalue weighted by molar-refractivity contribution is 5.86. The van der Waals surface area contributed by atoms with Crippen LogP contribution in [0.15, 0.2) is 18.5 Å². The molecule has 1 aliphatic carbocycles. The number of carbonyl (C=O) groups excluding carboxylic acids is 1. The number of aromatic nitrogens is 1. The molecule has 1 aromatic rings. The summed E-state index contributed by atoms with van der Waals surface area (Å²) in [6.07, 6.45) is 5.65. The molecule has 0 saturated heterocycles. The number of nitrogens with zero attached hydrogens (tertiary/aromatic N) is 1. The van der Waals surface area contributed by atoms with Crippen LogP contribution in [0.4, 0.5) is 0 Å². The van der Waals surface area contributed by atoms with Crippen LogP contribution in [0.3, 0.4) is 0 Å². The van der Waals surface area contributed by atoms with Gasteiger partial charge in [0.05, 0.1) is 5.54 Å².